The van der Waals surface area contributed by atoms with Crippen molar-refractivity contribution in [2.24, 2.45) is 5.92 Å². The quantitative estimate of drug-likeness (QED) is 0.519. The summed E-state index contributed by atoms with van der Waals surface area (Å²) < 4.78 is 11.8. The van der Waals surface area contributed by atoms with Gasteiger partial charge in [0.2, 0.25) is 5.95 Å². The SMILES string of the molecule is CCCCOC(=O)OCC(CO)CCn1cnc2cnc(N)nc21. The molecule has 132 valence electrons. The first-order valence-electron chi connectivity index (χ1n) is 7.97. The average molecular weight is 337 g/mol. The second-order valence-electron chi connectivity index (χ2n) is 5.48. The van der Waals surface area contributed by atoms with E-state index in [1.54, 1.807) is 12.5 Å². The summed E-state index contributed by atoms with van der Waals surface area (Å²) >= 11 is 0. The number of aryl methyl sites for hydroxylation is 1. The lowest BCUT2D eigenvalue weighted by molar-refractivity contribution is 0.0336. The van der Waals surface area contributed by atoms with Crippen molar-refractivity contribution < 1.29 is 19.4 Å². The van der Waals surface area contributed by atoms with Crippen molar-refractivity contribution in [1.82, 2.24) is 19.5 Å². The highest BCUT2D eigenvalue weighted by molar-refractivity contribution is 5.70. The van der Waals surface area contributed by atoms with Crippen LogP contribution in [0.3, 0.4) is 0 Å². The summed E-state index contributed by atoms with van der Waals surface area (Å²) in [5.41, 5.74) is 6.88. The van der Waals surface area contributed by atoms with Crippen molar-refractivity contribution in [1.29, 1.82) is 0 Å². The summed E-state index contributed by atoms with van der Waals surface area (Å²) in [5, 5.41) is 9.44. The maximum absolute atomic E-state index is 11.4. The maximum atomic E-state index is 11.4. The molecule has 2 heterocycles. The molecule has 2 aromatic heterocycles. The molecule has 0 bridgehead atoms. The second-order valence-corrected chi connectivity index (χ2v) is 5.48. The van der Waals surface area contributed by atoms with Gasteiger partial charge in [-0.25, -0.2) is 14.8 Å². The number of nitrogens with two attached hydrogens (primary N) is 1. The molecule has 0 fully saturated rings. The van der Waals surface area contributed by atoms with Gasteiger partial charge in [0.25, 0.3) is 0 Å². The van der Waals surface area contributed by atoms with Gasteiger partial charge in [-0.1, -0.05) is 13.3 Å². The van der Waals surface area contributed by atoms with Crippen LogP contribution in [0.1, 0.15) is 26.2 Å². The summed E-state index contributed by atoms with van der Waals surface area (Å²) in [7, 11) is 0. The number of ether oxygens (including phenoxy) is 2. The molecule has 0 amide bonds. The zero-order valence-corrected chi connectivity index (χ0v) is 13.7. The van der Waals surface area contributed by atoms with Gasteiger partial charge in [0, 0.05) is 19.1 Å². The number of hydrogen-bond acceptors (Lipinski definition) is 8. The molecule has 0 aliphatic carbocycles. The van der Waals surface area contributed by atoms with Crippen LogP contribution in [-0.2, 0) is 16.0 Å². The molecule has 9 nitrogen and oxygen atoms in total. The molecular formula is C15H23N5O4. The summed E-state index contributed by atoms with van der Waals surface area (Å²) in [6.45, 7) is 2.93. The summed E-state index contributed by atoms with van der Waals surface area (Å²) in [6, 6.07) is 0. The van der Waals surface area contributed by atoms with E-state index in [0.29, 0.717) is 30.7 Å². The number of carbonyl (C=O) groups excluding carboxylic acids is 1. The lowest BCUT2D eigenvalue weighted by Crippen LogP contribution is -2.20. The van der Waals surface area contributed by atoms with Gasteiger partial charge in [0.15, 0.2) is 5.65 Å². The maximum Gasteiger partial charge on any atom is 0.508 e. The third kappa shape index (κ3) is 5.05. The zero-order chi connectivity index (χ0) is 17.4. The Hall–Kier alpha value is -2.42. The largest absolute Gasteiger partial charge is 0.508 e. The molecule has 0 aliphatic heterocycles. The van der Waals surface area contributed by atoms with E-state index in [1.807, 2.05) is 11.5 Å². The Morgan fingerprint density at radius 2 is 2.25 bits per heavy atom. The molecule has 1 unspecified atom stereocenters. The summed E-state index contributed by atoms with van der Waals surface area (Å²) in [6.07, 6.45) is 4.85. The minimum absolute atomic E-state index is 0.0913. The first-order chi connectivity index (χ1) is 11.6. The fourth-order valence-corrected chi connectivity index (χ4v) is 2.11. The smallest absolute Gasteiger partial charge is 0.434 e. The minimum Gasteiger partial charge on any atom is -0.434 e. The molecule has 2 rings (SSSR count). The third-order valence-electron chi connectivity index (χ3n) is 3.57. The summed E-state index contributed by atoms with van der Waals surface area (Å²) in [4.78, 5) is 23.7. The van der Waals surface area contributed by atoms with Crippen molar-refractivity contribution in [3.63, 3.8) is 0 Å². The van der Waals surface area contributed by atoms with Gasteiger partial charge < -0.3 is 24.9 Å². The lowest BCUT2D eigenvalue weighted by Gasteiger charge is -2.14. The predicted molar refractivity (Wildman–Crippen MR) is 87.1 cm³/mol. The average Bonchev–Trinajstić information content (AvgIpc) is 2.97. The van der Waals surface area contributed by atoms with Crippen LogP contribution in [0, 0.1) is 5.92 Å². The van der Waals surface area contributed by atoms with Gasteiger partial charge >= 0.3 is 6.16 Å². The topological polar surface area (TPSA) is 125 Å². The molecule has 1 atom stereocenters. The van der Waals surface area contributed by atoms with E-state index in [-0.39, 0.29) is 25.1 Å². The molecule has 24 heavy (non-hydrogen) atoms. The number of aromatic nitrogens is 4. The van der Waals surface area contributed by atoms with E-state index in [2.05, 4.69) is 15.0 Å². The molecule has 0 aliphatic rings. The van der Waals surface area contributed by atoms with E-state index in [4.69, 9.17) is 15.2 Å². The van der Waals surface area contributed by atoms with Gasteiger partial charge in [-0.05, 0) is 12.8 Å². The molecule has 0 spiro atoms. The number of anilines is 1. The normalized spacial score (nSPS) is 12.2. The molecule has 0 aromatic carbocycles. The van der Waals surface area contributed by atoms with Crippen LogP contribution in [0.25, 0.3) is 11.2 Å². The molecule has 0 radical (unpaired) electrons. The van der Waals surface area contributed by atoms with Gasteiger partial charge in [-0.3, -0.25) is 0 Å². The number of carbonyl (C=O) groups is 1. The fourth-order valence-electron chi connectivity index (χ4n) is 2.11. The Morgan fingerprint density at radius 3 is 3.00 bits per heavy atom. The minimum atomic E-state index is -0.699. The number of rotatable bonds is 9. The molecule has 9 heteroatoms. The number of imidazole rings is 1. The van der Waals surface area contributed by atoms with Crippen LogP contribution in [0.2, 0.25) is 0 Å². The van der Waals surface area contributed by atoms with Crippen molar-refractivity contribution in [2.45, 2.75) is 32.7 Å². The molecule has 0 saturated heterocycles. The van der Waals surface area contributed by atoms with Crippen molar-refractivity contribution in [3.8, 4) is 0 Å². The van der Waals surface area contributed by atoms with Crippen LogP contribution in [0.15, 0.2) is 12.5 Å². The zero-order valence-electron chi connectivity index (χ0n) is 13.7. The van der Waals surface area contributed by atoms with Crippen LogP contribution >= 0.6 is 0 Å². The first-order valence-corrected chi connectivity index (χ1v) is 7.97. The van der Waals surface area contributed by atoms with Crippen molar-refractivity contribution in [3.05, 3.63) is 12.5 Å². The van der Waals surface area contributed by atoms with Gasteiger partial charge in [-0.15, -0.1) is 0 Å². The predicted octanol–water partition coefficient (Wildman–Crippen LogP) is 1.36. The standard InChI is InChI=1S/C15H23N5O4/c1-2-3-6-23-15(22)24-9-11(8-21)4-5-20-10-18-12-7-17-14(16)19-13(12)20/h7,10-11,21H,2-6,8-9H2,1H3,(H2,16,17,19). The molecule has 3 N–H and O–H groups in total. The highest BCUT2D eigenvalue weighted by Crippen LogP contribution is 2.13. The highest BCUT2D eigenvalue weighted by Gasteiger charge is 2.13. The Kier molecular flexibility index (Phi) is 6.74. The summed E-state index contributed by atoms with van der Waals surface area (Å²) in [5.74, 6) is -0.0125. The molecular weight excluding hydrogens is 314 g/mol. The van der Waals surface area contributed by atoms with E-state index < -0.39 is 6.16 Å². The number of aliphatic hydroxyl groups is 1. The number of nitrogens with zero attached hydrogens (tertiary/aromatic N) is 4. The first kappa shape index (κ1) is 17.9. The van der Waals surface area contributed by atoms with Crippen LogP contribution in [0.5, 0.6) is 0 Å². The van der Waals surface area contributed by atoms with E-state index in [9.17, 15) is 9.90 Å². The third-order valence-corrected chi connectivity index (χ3v) is 3.57. The van der Waals surface area contributed by atoms with Crippen molar-refractivity contribution in [2.75, 3.05) is 25.6 Å². The lowest BCUT2D eigenvalue weighted by atomic mass is 10.1. The number of unbranched alkanes of at least 4 members (excludes halogenated alkanes) is 1. The van der Waals surface area contributed by atoms with E-state index in [0.717, 1.165) is 12.8 Å². The van der Waals surface area contributed by atoms with Crippen LogP contribution in [0.4, 0.5) is 10.7 Å². The van der Waals surface area contributed by atoms with E-state index >= 15 is 0 Å². The van der Waals surface area contributed by atoms with Crippen LogP contribution < -0.4 is 5.73 Å². The number of fused-ring (bicyclic) bond motifs is 1. The number of aliphatic hydroxyl groups excluding tert-OH is 1. The molecule has 0 saturated carbocycles. The molecule has 2 aromatic rings. The Bertz CT molecular complexity index is 660. The second kappa shape index (κ2) is 9.02. The van der Waals surface area contributed by atoms with Crippen molar-refractivity contribution >= 4 is 23.3 Å². The Morgan fingerprint density at radius 1 is 1.42 bits per heavy atom. The number of nitrogen functional groups attached to an aromatic ring is 1. The Balaban J connectivity index is 1.82. The van der Waals surface area contributed by atoms with E-state index in [1.165, 1.54) is 0 Å². The number of hydrogen-bond donors (Lipinski definition) is 2. The highest BCUT2D eigenvalue weighted by atomic mass is 16.7. The van der Waals surface area contributed by atoms with Gasteiger partial charge in [0.05, 0.1) is 19.1 Å². The fraction of sp³-hybridized carbons (Fsp3) is 0.600. The van der Waals surface area contributed by atoms with Gasteiger partial charge in [0.1, 0.15) is 12.1 Å². The van der Waals surface area contributed by atoms with Gasteiger partial charge in [-0.2, -0.15) is 4.98 Å². The Labute approximate surface area is 139 Å². The monoisotopic (exact) mass is 337 g/mol. The van der Waals surface area contributed by atoms with Crippen LogP contribution in [-0.4, -0.2) is 50.6 Å².